The van der Waals surface area contributed by atoms with E-state index in [-0.39, 0.29) is 45.0 Å². The molecule has 0 saturated carbocycles. The maximum atomic E-state index is 14.1. The maximum Gasteiger partial charge on any atom is 0.250 e. The van der Waals surface area contributed by atoms with E-state index < -0.39 is 59.3 Å². The van der Waals surface area contributed by atoms with Crippen molar-refractivity contribution in [2.24, 2.45) is 17.8 Å². The molecule has 0 bridgehead atoms. The number of halogens is 6. The van der Waals surface area contributed by atoms with Gasteiger partial charge in [-0.15, -0.1) is 0 Å². The van der Waals surface area contributed by atoms with E-state index in [4.69, 9.17) is 34.8 Å². The summed E-state index contributed by atoms with van der Waals surface area (Å²) in [4.78, 5) is 43.6. The summed E-state index contributed by atoms with van der Waals surface area (Å²) in [5, 5.41) is 2.95. The van der Waals surface area contributed by atoms with E-state index in [1.807, 2.05) is 0 Å². The van der Waals surface area contributed by atoms with Gasteiger partial charge < -0.3 is 5.32 Å². The highest BCUT2D eigenvalue weighted by molar-refractivity contribution is 6.38. The molecule has 2 aromatic rings. The molecular weight excluding hydrogens is 530 g/mol. The van der Waals surface area contributed by atoms with E-state index in [1.54, 1.807) is 4.90 Å². The molecule has 4 aliphatic heterocycles. The number of rotatable bonds is 2. The SMILES string of the molecule is O=C1C2C3CC(C(F)F)CN3C3(C(=O)Nc4c(Cl)cc(Cl)cc43)C2C(=O)N1c1cc(F)cc(Cl)c1. The highest BCUT2D eigenvalue weighted by Crippen LogP contribution is 2.62. The first-order chi connectivity index (χ1) is 16.5. The zero-order valence-corrected chi connectivity index (χ0v) is 19.8. The predicted octanol–water partition coefficient (Wildman–Crippen LogP) is 4.71. The van der Waals surface area contributed by atoms with Crippen LogP contribution in [0.15, 0.2) is 30.3 Å². The summed E-state index contributed by atoms with van der Waals surface area (Å²) in [7, 11) is 0. The van der Waals surface area contributed by atoms with E-state index in [2.05, 4.69) is 5.32 Å². The van der Waals surface area contributed by atoms with Gasteiger partial charge in [0.05, 0.1) is 28.2 Å². The Kier molecular flexibility index (Phi) is 5.00. The molecule has 1 spiro atoms. The standard InChI is InChI=1S/C23H15Cl3F3N3O3/c24-9-2-11(27)6-12(3-9)32-20(33)16-15-1-8(19(28)29)7-31(15)23(17(16)21(32)34)13-4-10(25)5-14(26)18(13)30-22(23)35/h2-6,8,15-17,19H,1,7H2,(H,30,35). The Morgan fingerprint density at radius 1 is 1.00 bits per heavy atom. The molecule has 3 fully saturated rings. The highest BCUT2D eigenvalue weighted by Gasteiger charge is 2.76. The number of anilines is 2. The van der Waals surface area contributed by atoms with E-state index >= 15 is 0 Å². The van der Waals surface area contributed by atoms with Crippen LogP contribution in [0.25, 0.3) is 0 Å². The summed E-state index contributed by atoms with van der Waals surface area (Å²) >= 11 is 18.5. The fraction of sp³-hybridized carbons (Fsp3) is 0.348. The molecule has 35 heavy (non-hydrogen) atoms. The van der Waals surface area contributed by atoms with Crippen molar-refractivity contribution < 1.29 is 27.6 Å². The smallest absolute Gasteiger partial charge is 0.250 e. The van der Waals surface area contributed by atoms with Gasteiger partial charge in [0.1, 0.15) is 11.4 Å². The molecule has 0 aromatic heterocycles. The number of carbonyl (C=O) groups excluding carboxylic acids is 3. The molecule has 1 N–H and O–H groups in total. The largest absolute Gasteiger partial charge is 0.323 e. The average molecular weight is 545 g/mol. The van der Waals surface area contributed by atoms with Crippen molar-refractivity contribution >= 4 is 63.9 Å². The second-order valence-electron chi connectivity index (χ2n) is 9.22. The molecule has 3 amide bonds. The normalized spacial score (nSPS) is 31.5. The van der Waals surface area contributed by atoms with Crippen LogP contribution in [0.1, 0.15) is 12.0 Å². The number of nitrogens with zero attached hydrogens (tertiary/aromatic N) is 2. The second kappa shape index (κ2) is 7.59. The molecule has 182 valence electrons. The van der Waals surface area contributed by atoms with Gasteiger partial charge in [0, 0.05) is 34.1 Å². The van der Waals surface area contributed by atoms with E-state index in [9.17, 15) is 27.6 Å². The lowest BCUT2D eigenvalue weighted by molar-refractivity contribution is -0.135. The number of imide groups is 1. The number of hydrogen-bond acceptors (Lipinski definition) is 4. The van der Waals surface area contributed by atoms with Gasteiger partial charge in [-0.25, -0.2) is 18.1 Å². The second-order valence-corrected chi connectivity index (χ2v) is 10.5. The van der Waals surface area contributed by atoms with Crippen LogP contribution in [0.4, 0.5) is 24.5 Å². The first-order valence-electron chi connectivity index (χ1n) is 10.8. The van der Waals surface area contributed by atoms with Crippen molar-refractivity contribution in [3.63, 3.8) is 0 Å². The number of carbonyl (C=O) groups is 3. The number of benzene rings is 2. The van der Waals surface area contributed by atoms with Gasteiger partial charge in [-0.2, -0.15) is 0 Å². The van der Waals surface area contributed by atoms with Crippen LogP contribution in [0, 0.1) is 23.6 Å². The number of fused-ring (bicyclic) bond motifs is 7. The van der Waals surface area contributed by atoms with Crippen LogP contribution >= 0.6 is 34.8 Å². The molecule has 0 radical (unpaired) electrons. The van der Waals surface area contributed by atoms with Crippen LogP contribution in [0.3, 0.4) is 0 Å². The van der Waals surface area contributed by atoms with Crippen molar-refractivity contribution in [2.75, 3.05) is 16.8 Å². The number of amides is 3. The Morgan fingerprint density at radius 3 is 2.40 bits per heavy atom. The molecule has 4 heterocycles. The van der Waals surface area contributed by atoms with E-state index in [0.717, 1.165) is 17.0 Å². The molecule has 6 nitrogen and oxygen atoms in total. The molecule has 6 rings (SSSR count). The summed E-state index contributed by atoms with van der Waals surface area (Å²) in [6.07, 6.45) is -2.78. The maximum absolute atomic E-state index is 14.1. The third-order valence-electron chi connectivity index (χ3n) is 7.56. The molecule has 0 aliphatic carbocycles. The summed E-state index contributed by atoms with van der Waals surface area (Å²) in [5.74, 6) is -6.32. The van der Waals surface area contributed by atoms with Gasteiger partial charge in [-0.3, -0.25) is 19.3 Å². The van der Waals surface area contributed by atoms with Crippen LogP contribution in [0.2, 0.25) is 15.1 Å². The summed E-state index contributed by atoms with van der Waals surface area (Å²) in [6, 6.07) is 5.34. The van der Waals surface area contributed by atoms with Gasteiger partial charge in [-0.1, -0.05) is 34.8 Å². The quantitative estimate of drug-likeness (QED) is 0.556. The van der Waals surface area contributed by atoms with E-state index in [1.165, 1.54) is 18.2 Å². The van der Waals surface area contributed by atoms with Crippen molar-refractivity contribution in [3.05, 3.63) is 56.8 Å². The molecule has 3 saturated heterocycles. The lowest BCUT2D eigenvalue weighted by Crippen LogP contribution is -2.54. The molecule has 4 aliphatic rings. The van der Waals surface area contributed by atoms with E-state index in [0.29, 0.717) is 0 Å². The topological polar surface area (TPSA) is 69.7 Å². The Balaban J connectivity index is 1.58. The summed E-state index contributed by atoms with van der Waals surface area (Å²) in [6.45, 7) is -0.196. The van der Waals surface area contributed by atoms with Crippen LogP contribution < -0.4 is 10.2 Å². The van der Waals surface area contributed by atoms with Crippen LogP contribution in [0.5, 0.6) is 0 Å². The summed E-state index contributed by atoms with van der Waals surface area (Å²) < 4.78 is 41.7. The fourth-order valence-electron chi connectivity index (χ4n) is 6.37. The third kappa shape index (κ3) is 2.92. The molecule has 5 atom stereocenters. The summed E-state index contributed by atoms with van der Waals surface area (Å²) in [5.41, 5.74) is -1.39. The van der Waals surface area contributed by atoms with Gasteiger partial charge in [0.25, 0.3) is 5.91 Å². The first-order valence-corrected chi connectivity index (χ1v) is 11.9. The van der Waals surface area contributed by atoms with Crippen molar-refractivity contribution in [2.45, 2.75) is 24.4 Å². The zero-order chi connectivity index (χ0) is 25.0. The minimum absolute atomic E-state index is 0.0323. The molecule has 5 unspecified atom stereocenters. The fourth-order valence-corrected chi connectivity index (χ4v) is 7.13. The minimum atomic E-state index is -2.69. The number of nitrogens with one attached hydrogen (secondary N) is 1. The predicted molar refractivity (Wildman–Crippen MR) is 122 cm³/mol. The molecular formula is C23H15Cl3F3N3O3. The monoisotopic (exact) mass is 543 g/mol. The minimum Gasteiger partial charge on any atom is -0.323 e. The van der Waals surface area contributed by atoms with Gasteiger partial charge in [-0.05, 0) is 36.8 Å². The van der Waals surface area contributed by atoms with Crippen LogP contribution in [-0.4, -0.2) is 41.6 Å². The molecule has 2 aromatic carbocycles. The zero-order valence-electron chi connectivity index (χ0n) is 17.6. The average Bonchev–Trinajstić information content (AvgIpc) is 3.44. The highest BCUT2D eigenvalue weighted by atomic mass is 35.5. The Bertz CT molecular complexity index is 1320. The van der Waals surface area contributed by atoms with Crippen molar-refractivity contribution in [3.8, 4) is 0 Å². The lowest BCUT2D eigenvalue weighted by atomic mass is 9.75. The van der Waals surface area contributed by atoms with Crippen molar-refractivity contribution in [1.29, 1.82) is 0 Å². The lowest BCUT2D eigenvalue weighted by Gasteiger charge is -2.37. The molecule has 12 heteroatoms. The number of hydrogen-bond donors (Lipinski definition) is 1. The van der Waals surface area contributed by atoms with Gasteiger partial charge in [0.2, 0.25) is 18.2 Å². The first kappa shape index (κ1) is 23.1. The Labute approximate surface area is 211 Å². The van der Waals surface area contributed by atoms with Crippen molar-refractivity contribution in [1.82, 2.24) is 4.90 Å². The van der Waals surface area contributed by atoms with Gasteiger partial charge >= 0.3 is 0 Å². The Hall–Kier alpha value is -2.33. The number of alkyl halides is 2. The van der Waals surface area contributed by atoms with Gasteiger partial charge in [0.15, 0.2) is 0 Å². The third-order valence-corrected chi connectivity index (χ3v) is 8.29. The Morgan fingerprint density at radius 2 is 1.71 bits per heavy atom. The van der Waals surface area contributed by atoms with Crippen LogP contribution in [-0.2, 0) is 19.9 Å².